The topological polar surface area (TPSA) is 79.1 Å². The normalized spacial score (nSPS) is 10.9. The molecule has 4 rings (SSSR count). The third-order valence-electron chi connectivity index (χ3n) is 4.75. The van der Waals surface area contributed by atoms with Crippen molar-refractivity contribution in [1.29, 1.82) is 0 Å². The van der Waals surface area contributed by atoms with Crippen molar-refractivity contribution in [3.05, 3.63) is 85.7 Å². The second-order valence-electron chi connectivity index (χ2n) is 6.90. The Hall–Kier alpha value is -2.90. The van der Waals surface area contributed by atoms with Crippen LogP contribution < -0.4 is 20.5 Å². The first-order valence-electron chi connectivity index (χ1n) is 9.81. The number of aromatic amines is 2. The fraction of sp³-hybridized carbons (Fsp3) is 0.174. The van der Waals surface area contributed by atoms with Crippen LogP contribution in [0.2, 0.25) is 5.02 Å². The minimum absolute atomic E-state index is 0.219. The highest BCUT2D eigenvalue weighted by Crippen LogP contribution is 2.35. The number of rotatable bonds is 8. The van der Waals surface area contributed by atoms with Crippen LogP contribution in [-0.4, -0.2) is 16.6 Å². The van der Waals surface area contributed by atoms with Crippen molar-refractivity contribution >= 4 is 44.3 Å². The number of nitrogens with one attached hydrogen (secondary N) is 3. The Morgan fingerprint density at radius 2 is 1.74 bits per heavy atom. The molecule has 0 radical (unpaired) electrons. The van der Waals surface area contributed by atoms with E-state index in [4.69, 9.17) is 21.1 Å². The van der Waals surface area contributed by atoms with E-state index in [-0.39, 0.29) is 5.69 Å². The van der Waals surface area contributed by atoms with Crippen molar-refractivity contribution in [2.45, 2.75) is 20.1 Å². The van der Waals surface area contributed by atoms with Gasteiger partial charge in [0.2, 0.25) is 0 Å². The van der Waals surface area contributed by atoms with Crippen LogP contribution in [0.15, 0.2) is 63.9 Å². The second-order valence-corrected chi connectivity index (χ2v) is 8.16. The molecule has 0 aliphatic rings. The predicted molar refractivity (Wildman–Crippen MR) is 127 cm³/mol. The number of anilines is 1. The maximum atomic E-state index is 11.4. The Morgan fingerprint density at radius 3 is 2.55 bits per heavy atom. The maximum absolute atomic E-state index is 11.4. The number of ether oxygens (including phenoxy) is 2. The molecule has 1 aromatic heterocycles. The van der Waals surface area contributed by atoms with Crippen molar-refractivity contribution in [2.75, 3.05) is 11.9 Å². The van der Waals surface area contributed by atoms with Gasteiger partial charge in [0.15, 0.2) is 11.5 Å². The number of fused-ring (bicyclic) bond motifs is 1. The molecule has 160 valence electrons. The molecule has 4 aromatic rings. The Balaban J connectivity index is 1.51. The Kier molecular flexibility index (Phi) is 6.53. The van der Waals surface area contributed by atoms with Gasteiger partial charge in [-0.05, 0) is 48.9 Å². The van der Waals surface area contributed by atoms with Crippen LogP contribution in [0.25, 0.3) is 11.0 Å². The lowest BCUT2D eigenvalue weighted by Crippen LogP contribution is -2.04. The molecular weight excluding hydrogens is 482 g/mol. The Bertz CT molecular complexity index is 1270. The molecule has 8 heteroatoms. The first kappa shape index (κ1) is 21.3. The standard InChI is InChI=1S/C23H21BrClN3O3/c1-2-30-21-9-15(12-26-16-7-8-19-20(10-16)28-23(29)27-19)17(24)11-22(21)31-13-14-5-3-4-6-18(14)25/h3-11,26H,2,12-13H2,1H3,(H2,27,28,29). The molecule has 0 saturated heterocycles. The van der Waals surface area contributed by atoms with Gasteiger partial charge in [-0.3, -0.25) is 0 Å². The SMILES string of the molecule is CCOc1cc(CNc2ccc3[nH]c(=O)[nH]c3c2)c(Br)cc1OCc1ccccc1Cl. The summed E-state index contributed by atoms with van der Waals surface area (Å²) in [5.41, 5.74) is 4.13. The van der Waals surface area contributed by atoms with Gasteiger partial charge in [0, 0.05) is 27.3 Å². The van der Waals surface area contributed by atoms with Gasteiger partial charge in [-0.25, -0.2) is 4.79 Å². The zero-order valence-corrected chi connectivity index (χ0v) is 19.1. The van der Waals surface area contributed by atoms with Crippen LogP contribution in [0.1, 0.15) is 18.1 Å². The van der Waals surface area contributed by atoms with Crippen molar-refractivity contribution in [2.24, 2.45) is 0 Å². The van der Waals surface area contributed by atoms with E-state index in [2.05, 4.69) is 31.2 Å². The molecule has 3 aromatic carbocycles. The zero-order valence-electron chi connectivity index (χ0n) is 16.8. The van der Waals surface area contributed by atoms with Gasteiger partial charge in [0.1, 0.15) is 6.61 Å². The number of hydrogen-bond donors (Lipinski definition) is 3. The molecule has 31 heavy (non-hydrogen) atoms. The highest BCUT2D eigenvalue weighted by atomic mass is 79.9. The van der Waals surface area contributed by atoms with E-state index in [0.717, 1.165) is 32.3 Å². The van der Waals surface area contributed by atoms with Crippen molar-refractivity contribution in [3.8, 4) is 11.5 Å². The van der Waals surface area contributed by atoms with Crippen LogP contribution in [0.3, 0.4) is 0 Å². The van der Waals surface area contributed by atoms with E-state index in [0.29, 0.717) is 36.3 Å². The average molecular weight is 503 g/mol. The van der Waals surface area contributed by atoms with Crippen LogP contribution in [0.5, 0.6) is 11.5 Å². The third-order valence-corrected chi connectivity index (χ3v) is 5.86. The summed E-state index contributed by atoms with van der Waals surface area (Å²) in [6.07, 6.45) is 0. The molecule has 3 N–H and O–H groups in total. The van der Waals surface area contributed by atoms with E-state index in [1.54, 1.807) is 0 Å². The molecule has 6 nitrogen and oxygen atoms in total. The van der Waals surface area contributed by atoms with Crippen LogP contribution in [-0.2, 0) is 13.2 Å². The fourth-order valence-corrected chi connectivity index (χ4v) is 3.86. The maximum Gasteiger partial charge on any atom is 0.323 e. The van der Waals surface area contributed by atoms with E-state index in [9.17, 15) is 4.79 Å². The second kappa shape index (κ2) is 9.49. The van der Waals surface area contributed by atoms with Crippen LogP contribution in [0.4, 0.5) is 5.69 Å². The minimum atomic E-state index is -0.219. The highest BCUT2D eigenvalue weighted by Gasteiger charge is 2.12. The van der Waals surface area contributed by atoms with E-state index < -0.39 is 0 Å². The molecule has 0 aliphatic carbocycles. The van der Waals surface area contributed by atoms with E-state index in [1.165, 1.54) is 0 Å². The number of hydrogen-bond acceptors (Lipinski definition) is 4. The monoisotopic (exact) mass is 501 g/mol. The van der Waals surface area contributed by atoms with Crippen LogP contribution in [0, 0.1) is 0 Å². The van der Waals surface area contributed by atoms with Crippen molar-refractivity contribution in [3.63, 3.8) is 0 Å². The fourth-order valence-electron chi connectivity index (χ4n) is 3.20. The van der Waals surface area contributed by atoms with Gasteiger partial charge < -0.3 is 24.8 Å². The number of halogens is 2. The molecule has 0 unspecified atom stereocenters. The van der Waals surface area contributed by atoms with E-state index >= 15 is 0 Å². The molecule has 0 spiro atoms. The first-order chi connectivity index (χ1) is 15.0. The van der Waals surface area contributed by atoms with Gasteiger partial charge in [-0.15, -0.1) is 0 Å². The molecule has 1 heterocycles. The highest BCUT2D eigenvalue weighted by molar-refractivity contribution is 9.10. The summed E-state index contributed by atoms with van der Waals surface area (Å²) in [6, 6.07) is 17.1. The van der Waals surface area contributed by atoms with Gasteiger partial charge in [0.05, 0.1) is 17.6 Å². The van der Waals surface area contributed by atoms with Crippen LogP contribution >= 0.6 is 27.5 Å². The molecular formula is C23H21BrClN3O3. The summed E-state index contributed by atoms with van der Waals surface area (Å²) >= 11 is 9.87. The lowest BCUT2D eigenvalue weighted by Gasteiger charge is -2.16. The van der Waals surface area contributed by atoms with Crippen molar-refractivity contribution < 1.29 is 9.47 Å². The summed E-state index contributed by atoms with van der Waals surface area (Å²) in [7, 11) is 0. The average Bonchev–Trinajstić information content (AvgIpc) is 3.13. The van der Waals surface area contributed by atoms with Gasteiger partial charge in [-0.1, -0.05) is 45.7 Å². The lowest BCUT2D eigenvalue weighted by molar-refractivity contribution is 0.269. The summed E-state index contributed by atoms with van der Waals surface area (Å²) in [5, 5.41) is 4.05. The summed E-state index contributed by atoms with van der Waals surface area (Å²) in [5.74, 6) is 1.31. The Morgan fingerprint density at radius 1 is 0.968 bits per heavy atom. The number of benzene rings is 3. The minimum Gasteiger partial charge on any atom is -0.490 e. The number of H-pyrrole nitrogens is 2. The smallest absolute Gasteiger partial charge is 0.323 e. The van der Waals surface area contributed by atoms with E-state index in [1.807, 2.05) is 61.5 Å². The Labute approximate surface area is 192 Å². The van der Waals surface area contributed by atoms with Gasteiger partial charge in [0.25, 0.3) is 0 Å². The number of imidazole rings is 1. The summed E-state index contributed by atoms with van der Waals surface area (Å²) in [4.78, 5) is 17.0. The molecule has 0 atom stereocenters. The zero-order chi connectivity index (χ0) is 21.8. The molecule has 0 saturated carbocycles. The lowest BCUT2D eigenvalue weighted by atomic mass is 10.2. The van der Waals surface area contributed by atoms with Crippen molar-refractivity contribution in [1.82, 2.24) is 9.97 Å². The van der Waals surface area contributed by atoms with Gasteiger partial charge in [-0.2, -0.15) is 0 Å². The molecule has 0 amide bonds. The first-order valence-corrected chi connectivity index (χ1v) is 11.0. The summed E-state index contributed by atoms with van der Waals surface area (Å²) in [6.45, 7) is 3.36. The largest absolute Gasteiger partial charge is 0.490 e. The predicted octanol–water partition coefficient (Wildman–Crippen LogP) is 5.86. The van der Waals surface area contributed by atoms with Gasteiger partial charge >= 0.3 is 5.69 Å². The third kappa shape index (κ3) is 5.06. The quantitative estimate of drug-likeness (QED) is 0.282. The summed E-state index contributed by atoms with van der Waals surface area (Å²) < 4.78 is 12.7. The molecule has 0 aliphatic heterocycles. The molecule has 0 fully saturated rings. The number of aromatic nitrogens is 2. The molecule has 0 bridgehead atoms.